The smallest absolute Gasteiger partial charge is 0.321 e. The second kappa shape index (κ2) is 6.43. The van der Waals surface area contributed by atoms with Gasteiger partial charge in [0.25, 0.3) is 0 Å². The zero-order valence-corrected chi connectivity index (χ0v) is 13.7. The molecule has 1 aliphatic rings. The van der Waals surface area contributed by atoms with Crippen molar-refractivity contribution in [2.24, 2.45) is 0 Å². The van der Waals surface area contributed by atoms with Gasteiger partial charge in [0.2, 0.25) is 5.95 Å². The van der Waals surface area contributed by atoms with Gasteiger partial charge >= 0.3 is 6.03 Å². The van der Waals surface area contributed by atoms with E-state index in [0.29, 0.717) is 11.5 Å². The van der Waals surface area contributed by atoms with Crippen molar-refractivity contribution in [3.63, 3.8) is 0 Å². The molecule has 128 valence electrons. The van der Waals surface area contributed by atoms with Gasteiger partial charge in [0.1, 0.15) is 11.6 Å². The first kappa shape index (κ1) is 15.4. The molecule has 0 saturated carbocycles. The van der Waals surface area contributed by atoms with Crippen molar-refractivity contribution in [3.05, 3.63) is 47.8 Å². The standard InChI is InChI=1S/C18H19N5O2/c24-15-9-8-12-5-1-2-6-13(12)14(15)11-19-18(25)21-17-20-16-7-3-4-10-23(16)22-17/h1-2,5-6,8-9,24H,3-4,7,10-11H2,(H2,19,21,22,25). The first-order valence-electron chi connectivity index (χ1n) is 8.39. The van der Waals surface area contributed by atoms with Gasteiger partial charge in [0.15, 0.2) is 0 Å². The molecule has 0 unspecified atom stereocenters. The van der Waals surface area contributed by atoms with E-state index in [9.17, 15) is 9.90 Å². The second-order valence-corrected chi connectivity index (χ2v) is 6.12. The van der Waals surface area contributed by atoms with E-state index >= 15 is 0 Å². The summed E-state index contributed by atoms with van der Waals surface area (Å²) in [6.07, 6.45) is 3.08. The van der Waals surface area contributed by atoms with E-state index in [2.05, 4.69) is 20.7 Å². The summed E-state index contributed by atoms with van der Waals surface area (Å²) in [4.78, 5) is 16.5. The molecule has 3 aromatic rings. The maximum absolute atomic E-state index is 12.2. The van der Waals surface area contributed by atoms with Gasteiger partial charge in [-0.2, -0.15) is 4.98 Å². The van der Waals surface area contributed by atoms with Crippen molar-refractivity contribution in [2.75, 3.05) is 5.32 Å². The summed E-state index contributed by atoms with van der Waals surface area (Å²) in [6.45, 7) is 1.06. The Balaban J connectivity index is 1.45. The SMILES string of the molecule is O=C(NCc1c(O)ccc2ccccc12)Nc1nc2n(n1)CCCC2. The van der Waals surface area contributed by atoms with Gasteiger partial charge in [-0.05, 0) is 29.7 Å². The van der Waals surface area contributed by atoms with Crippen LogP contribution < -0.4 is 10.6 Å². The summed E-state index contributed by atoms with van der Waals surface area (Å²) in [6, 6.07) is 10.8. The number of anilines is 1. The molecule has 0 atom stereocenters. The predicted molar refractivity (Wildman–Crippen MR) is 94.4 cm³/mol. The summed E-state index contributed by atoms with van der Waals surface area (Å²) in [5.74, 6) is 1.39. The molecular formula is C18H19N5O2. The first-order valence-corrected chi connectivity index (χ1v) is 8.39. The zero-order chi connectivity index (χ0) is 17.2. The number of phenolic OH excluding ortho intramolecular Hbond substituents is 1. The summed E-state index contributed by atoms with van der Waals surface area (Å²) in [5.41, 5.74) is 0.686. The Morgan fingerprint density at radius 1 is 1.20 bits per heavy atom. The molecule has 2 amide bonds. The van der Waals surface area contributed by atoms with Crippen molar-refractivity contribution >= 4 is 22.8 Å². The van der Waals surface area contributed by atoms with Crippen molar-refractivity contribution < 1.29 is 9.90 Å². The number of rotatable bonds is 3. The number of carbonyl (C=O) groups is 1. The number of nitrogens with one attached hydrogen (secondary N) is 2. The number of aromatic nitrogens is 3. The molecule has 0 radical (unpaired) electrons. The monoisotopic (exact) mass is 337 g/mol. The van der Waals surface area contributed by atoms with E-state index in [1.165, 1.54) is 0 Å². The number of hydrogen-bond acceptors (Lipinski definition) is 4. The van der Waals surface area contributed by atoms with Gasteiger partial charge in [0.05, 0.1) is 0 Å². The van der Waals surface area contributed by atoms with Crippen LogP contribution in [0.3, 0.4) is 0 Å². The molecule has 7 nitrogen and oxygen atoms in total. The molecule has 1 aromatic heterocycles. The van der Waals surface area contributed by atoms with Gasteiger partial charge < -0.3 is 10.4 Å². The van der Waals surface area contributed by atoms with Gasteiger partial charge in [-0.15, -0.1) is 5.10 Å². The number of carbonyl (C=O) groups excluding carboxylic acids is 1. The number of aryl methyl sites for hydroxylation is 2. The van der Waals surface area contributed by atoms with E-state index in [1.54, 1.807) is 6.07 Å². The molecule has 2 heterocycles. The van der Waals surface area contributed by atoms with Crippen LogP contribution in [-0.4, -0.2) is 25.9 Å². The highest BCUT2D eigenvalue weighted by molar-refractivity contribution is 5.90. The molecular weight excluding hydrogens is 318 g/mol. The summed E-state index contributed by atoms with van der Waals surface area (Å²) < 4.78 is 1.84. The van der Waals surface area contributed by atoms with Gasteiger partial charge in [-0.1, -0.05) is 30.3 Å². The van der Waals surface area contributed by atoms with Crippen molar-refractivity contribution in [3.8, 4) is 5.75 Å². The van der Waals surface area contributed by atoms with Gasteiger partial charge in [0, 0.05) is 25.1 Å². The van der Waals surface area contributed by atoms with Crippen molar-refractivity contribution in [1.82, 2.24) is 20.1 Å². The molecule has 0 aliphatic carbocycles. The molecule has 0 bridgehead atoms. The third-order valence-corrected chi connectivity index (χ3v) is 4.44. The largest absolute Gasteiger partial charge is 0.508 e. The lowest BCUT2D eigenvalue weighted by Crippen LogP contribution is -2.28. The molecule has 4 rings (SSSR count). The Labute approximate surface area is 144 Å². The summed E-state index contributed by atoms with van der Waals surface area (Å²) in [7, 11) is 0. The van der Waals surface area contributed by atoms with Gasteiger partial charge in [-0.3, -0.25) is 5.32 Å². The minimum absolute atomic E-state index is 0.162. The van der Waals surface area contributed by atoms with Crippen LogP contribution in [0.4, 0.5) is 10.7 Å². The summed E-state index contributed by atoms with van der Waals surface area (Å²) in [5, 5.41) is 21.8. The van der Waals surface area contributed by atoms with Gasteiger partial charge in [-0.25, -0.2) is 9.48 Å². The minimum Gasteiger partial charge on any atom is -0.508 e. The number of hydrogen-bond donors (Lipinski definition) is 3. The molecule has 2 aromatic carbocycles. The lowest BCUT2D eigenvalue weighted by molar-refractivity contribution is 0.251. The fourth-order valence-corrected chi connectivity index (χ4v) is 3.16. The minimum atomic E-state index is -0.393. The molecule has 1 aliphatic heterocycles. The topological polar surface area (TPSA) is 92.1 Å². The first-order chi connectivity index (χ1) is 12.2. The van der Waals surface area contributed by atoms with Crippen LogP contribution in [0.15, 0.2) is 36.4 Å². The molecule has 0 saturated heterocycles. The van der Waals surface area contributed by atoms with Crippen LogP contribution in [0.1, 0.15) is 24.2 Å². The van der Waals surface area contributed by atoms with Crippen LogP contribution in [0.5, 0.6) is 5.75 Å². The number of benzene rings is 2. The Hall–Kier alpha value is -3.09. The fraction of sp³-hybridized carbons (Fsp3) is 0.278. The highest BCUT2D eigenvalue weighted by atomic mass is 16.3. The molecule has 0 fully saturated rings. The predicted octanol–water partition coefficient (Wildman–Crippen LogP) is 2.79. The van der Waals surface area contributed by atoms with Crippen LogP contribution in [0.2, 0.25) is 0 Å². The van der Waals surface area contributed by atoms with E-state index in [4.69, 9.17) is 0 Å². The third-order valence-electron chi connectivity index (χ3n) is 4.44. The maximum atomic E-state index is 12.2. The number of aromatic hydroxyl groups is 1. The van der Waals surface area contributed by atoms with Crippen molar-refractivity contribution in [1.29, 1.82) is 0 Å². The number of phenols is 1. The fourth-order valence-electron chi connectivity index (χ4n) is 3.16. The summed E-state index contributed by atoms with van der Waals surface area (Å²) >= 11 is 0. The second-order valence-electron chi connectivity index (χ2n) is 6.12. The Morgan fingerprint density at radius 2 is 2.08 bits per heavy atom. The highest BCUT2D eigenvalue weighted by Gasteiger charge is 2.15. The van der Waals surface area contributed by atoms with E-state index in [0.717, 1.165) is 42.4 Å². The molecule has 7 heteroatoms. The van der Waals surface area contributed by atoms with Crippen LogP contribution in [0, 0.1) is 0 Å². The van der Waals surface area contributed by atoms with E-state index in [-0.39, 0.29) is 12.3 Å². The Morgan fingerprint density at radius 3 is 2.96 bits per heavy atom. The lowest BCUT2D eigenvalue weighted by atomic mass is 10.0. The highest BCUT2D eigenvalue weighted by Crippen LogP contribution is 2.26. The van der Waals surface area contributed by atoms with E-state index in [1.807, 2.05) is 35.0 Å². The van der Waals surface area contributed by atoms with Crippen LogP contribution in [0.25, 0.3) is 10.8 Å². The average Bonchev–Trinajstić information content (AvgIpc) is 3.03. The number of urea groups is 1. The molecule has 0 spiro atoms. The quantitative estimate of drug-likeness (QED) is 0.685. The molecule has 25 heavy (non-hydrogen) atoms. The number of nitrogens with zero attached hydrogens (tertiary/aromatic N) is 3. The maximum Gasteiger partial charge on any atom is 0.321 e. The number of amides is 2. The average molecular weight is 337 g/mol. The number of fused-ring (bicyclic) bond motifs is 2. The van der Waals surface area contributed by atoms with Crippen LogP contribution in [-0.2, 0) is 19.5 Å². The van der Waals surface area contributed by atoms with Crippen LogP contribution >= 0.6 is 0 Å². The van der Waals surface area contributed by atoms with Crippen molar-refractivity contribution in [2.45, 2.75) is 32.4 Å². The Kier molecular flexibility index (Phi) is 3.97. The molecule has 3 N–H and O–H groups in total. The normalized spacial score (nSPS) is 13.4. The lowest BCUT2D eigenvalue weighted by Gasteiger charge is -2.10. The zero-order valence-electron chi connectivity index (χ0n) is 13.7. The third kappa shape index (κ3) is 3.13. The Bertz CT molecular complexity index is 911. The van der Waals surface area contributed by atoms with E-state index < -0.39 is 6.03 Å².